The molecule has 0 fully saturated rings. The molecule has 0 saturated carbocycles. The molecule has 11 heteroatoms. The summed E-state index contributed by atoms with van der Waals surface area (Å²) in [5.74, 6) is -1.65. The van der Waals surface area contributed by atoms with Gasteiger partial charge in [-0.05, 0) is 35.9 Å². The Morgan fingerprint density at radius 2 is 1.56 bits per heavy atom. The molecule has 7 nitrogen and oxygen atoms in total. The molecule has 0 aliphatic rings. The number of rotatable bonds is 6. The van der Waals surface area contributed by atoms with Gasteiger partial charge in [-0.3, -0.25) is 4.79 Å². The van der Waals surface area contributed by atoms with Gasteiger partial charge in [0.1, 0.15) is 0 Å². The van der Waals surface area contributed by atoms with Gasteiger partial charge in [0, 0.05) is 11.3 Å². The summed E-state index contributed by atoms with van der Waals surface area (Å²) in [4.78, 5) is 12.3. The van der Waals surface area contributed by atoms with E-state index in [1.54, 1.807) is 48.5 Å². The van der Waals surface area contributed by atoms with Crippen molar-refractivity contribution < 1.29 is 30.8 Å². The number of carbonyl (C=O) groups is 1. The summed E-state index contributed by atoms with van der Waals surface area (Å²) in [5.41, 5.74) is -1.07. The summed E-state index contributed by atoms with van der Waals surface area (Å²) in [5, 5.41) is 8.59. The van der Waals surface area contributed by atoms with Crippen LogP contribution in [-0.2, 0) is 21.8 Å². The highest BCUT2D eigenvalue weighted by Gasteiger charge is 2.36. The van der Waals surface area contributed by atoms with Crippen molar-refractivity contribution in [3.05, 3.63) is 95.6 Å². The lowest BCUT2D eigenvalue weighted by molar-refractivity contribution is -0.137. The quantitative estimate of drug-likeness (QED) is 0.412. The predicted octanol–water partition coefficient (Wildman–Crippen LogP) is 4.98. The minimum Gasteiger partial charge on any atom is -0.408 e. The molecule has 1 heterocycles. The van der Waals surface area contributed by atoms with E-state index in [2.05, 4.69) is 15.5 Å². The van der Waals surface area contributed by atoms with Crippen molar-refractivity contribution in [2.45, 2.75) is 17.2 Å². The van der Waals surface area contributed by atoms with Crippen molar-refractivity contribution >= 4 is 21.4 Å². The van der Waals surface area contributed by atoms with E-state index in [9.17, 15) is 26.4 Å². The second kappa shape index (κ2) is 9.10. The van der Waals surface area contributed by atoms with E-state index in [1.807, 2.05) is 0 Å². The molecule has 0 aliphatic carbocycles. The van der Waals surface area contributed by atoms with Gasteiger partial charge in [0.15, 0.2) is 0 Å². The van der Waals surface area contributed by atoms with Crippen molar-refractivity contribution in [3.8, 4) is 11.5 Å². The van der Waals surface area contributed by atoms with E-state index >= 15 is 0 Å². The molecule has 34 heavy (non-hydrogen) atoms. The second-order valence-electron chi connectivity index (χ2n) is 7.20. The van der Waals surface area contributed by atoms with Gasteiger partial charge < -0.3 is 9.73 Å². The number of aromatic nitrogens is 2. The number of alkyl halides is 3. The lowest BCUT2D eigenvalue weighted by Crippen LogP contribution is -2.13. The highest BCUT2D eigenvalue weighted by Crippen LogP contribution is 2.38. The highest BCUT2D eigenvalue weighted by molar-refractivity contribution is 7.90. The first kappa shape index (κ1) is 23.2. The molecule has 0 bridgehead atoms. The van der Waals surface area contributed by atoms with Crippen molar-refractivity contribution in [3.63, 3.8) is 0 Å². The van der Waals surface area contributed by atoms with Crippen LogP contribution in [0, 0.1) is 0 Å². The average Bonchev–Trinajstić information content (AvgIpc) is 3.31. The molecule has 0 radical (unpaired) electrons. The summed E-state index contributed by atoms with van der Waals surface area (Å²) >= 11 is 0. The van der Waals surface area contributed by atoms with Crippen LogP contribution in [-0.4, -0.2) is 24.5 Å². The number of nitrogens with one attached hydrogen (secondary N) is 1. The second-order valence-corrected chi connectivity index (χ2v) is 9.06. The Balaban J connectivity index is 1.64. The molecule has 0 unspecified atom stereocenters. The molecule has 1 N–H and O–H groups in total. The first-order valence-corrected chi connectivity index (χ1v) is 11.5. The fourth-order valence-electron chi connectivity index (χ4n) is 3.14. The molecule has 1 aromatic heterocycles. The van der Waals surface area contributed by atoms with Gasteiger partial charge in [-0.15, -0.1) is 5.10 Å². The van der Waals surface area contributed by atoms with E-state index in [0.29, 0.717) is 5.56 Å². The molecular weight excluding hydrogens is 471 g/mol. The Morgan fingerprint density at radius 3 is 2.21 bits per heavy atom. The van der Waals surface area contributed by atoms with Gasteiger partial charge in [0.25, 0.3) is 5.91 Å². The highest BCUT2D eigenvalue weighted by atomic mass is 32.2. The number of hydrogen-bond acceptors (Lipinski definition) is 6. The maximum absolute atomic E-state index is 13.8. The third-order valence-corrected chi connectivity index (χ3v) is 6.13. The van der Waals surface area contributed by atoms with Crippen LogP contribution in [0.1, 0.15) is 21.5 Å². The maximum Gasteiger partial charge on any atom is 0.417 e. The number of benzene rings is 3. The SMILES string of the molecule is O=C(Nc1ccc(-c2nnc(S(=O)(=O)Cc3ccccc3)o2)c(C(F)(F)F)c1)c1ccccc1. The monoisotopic (exact) mass is 487 g/mol. The number of amides is 1. The van der Waals surface area contributed by atoms with Crippen molar-refractivity contribution in [1.82, 2.24) is 10.2 Å². The largest absolute Gasteiger partial charge is 0.417 e. The topological polar surface area (TPSA) is 102 Å². The smallest absolute Gasteiger partial charge is 0.408 e. The van der Waals surface area contributed by atoms with Crippen molar-refractivity contribution in [1.29, 1.82) is 0 Å². The molecule has 0 aliphatic heterocycles. The third-order valence-electron chi connectivity index (χ3n) is 4.72. The molecule has 4 rings (SSSR count). The standard InChI is InChI=1S/C23H16F3N3O4S/c24-23(25,26)19-13-17(27-20(30)16-9-5-2-6-10-16)11-12-18(19)21-28-29-22(33-21)34(31,32)14-15-7-3-1-4-8-15/h1-13H,14H2,(H,27,30). The van der Waals surface area contributed by atoms with E-state index < -0.39 is 49.9 Å². The van der Waals surface area contributed by atoms with Crippen LogP contribution in [0.15, 0.2) is 88.5 Å². The van der Waals surface area contributed by atoms with E-state index in [-0.39, 0.29) is 11.3 Å². The van der Waals surface area contributed by atoms with Gasteiger partial charge in [-0.1, -0.05) is 53.6 Å². The summed E-state index contributed by atoms with van der Waals surface area (Å²) in [6.45, 7) is 0. The fourth-order valence-corrected chi connectivity index (χ4v) is 4.26. The number of anilines is 1. The molecule has 174 valence electrons. The van der Waals surface area contributed by atoms with Crippen LogP contribution in [0.4, 0.5) is 18.9 Å². The maximum atomic E-state index is 13.8. The third kappa shape index (κ3) is 5.15. The molecule has 3 aromatic carbocycles. The lowest BCUT2D eigenvalue weighted by atomic mass is 10.1. The fraction of sp³-hybridized carbons (Fsp3) is 0.0870. The summed E-state index contributed by atoms with van der Waals surface area (Å²) in [6.07, 6.45) is -4.85. The zero-order chi connectivity index (χ0) is 24.3. The molecule has 0 spiro atoms. The Labute approximate surface area is 192 Å². The van der Waals surface area contributed by atoms with Crippen LogP contribution in [0.2, 0.25) is 0 Å². The predicted molar refractivity (Wildman–Crippen MR) is 116 cm³/mol. The van der Waals surface area contributed by atoms with E-state index in [4.69, 9.17) is 4.42 Å². The van der Waals surface area contributed by atoms with Gasteiger partial charge in [0.05, 0.1) is 16.9 Å². The molecule has 0 atom stereocenters. The van der Waals surface area contributed by atoms with Crippen LogP contribution in [0.3, 0.4) is 0 Å². The minimum atomic E-state index is -4.85. The van der Waals surface area contributed by atoms with Crippen LogP contribution < -0.4 is 5.32 Å². The average molecular weight is 487 g/mol. The number of carbonyl (C=O) groups excluding carboxylic acids is 1. The molecular formula is C23H16F3N3O4S. The first-order chi connectivity index (χ1) is 16.1. The van der Waals surface area contributed by atoms with Crippen LogP contribution in [0.25, 0.3) is 11.5 Å². The molecule has 1 amide bonds. The zero-order valence-electron chi connectivity index (χ0n) is 17.3. The van der Waals surface area contributed by atoms with Crippen LogP contribution >= 0.6 is 0 Å². The van der Waals surface area contributed by atoms with E-state index in [1.165, 1.54) is 18.2 Å². The number of halogens is 3. The van der Waals surface area contributed by atoms with Crippen molar-refractivity contribution in [2.24, 2.45) is 0 Å². The Hall–Kier alpha value is -3.99. The molecule has 0 saturated heterocycles. The Bertz CT molecular complexity index is 1420. The van der Waals surface area contributed by atoms with Crippen LogP contribution in [0.5, 0.6) is 0 Å². The minimum absolute atomic E-state index is 0.110. The first-order valence-electron chi connectivity index (χ1n) is 9.82. The number of hydrogen-bond donors (Lipinski definition) is 1. The lowest BCUT2D eigenvalue weighted by Gasteiger charge is -2.13. The zero-order valence-corrected chi connectivity index (χ0v) is 18.1. The Morgan fingerprint density at radius 1 is 0.912 bits per heavy atom. The summed E-state index contributed by atoms with van der Waals surface area (Å²) < 4.78 is 71.6. The van der Waals surface area contributed by atoms with Gasteiger partial charge in [0.2, 0.25) is 15.7 Å². The van der Waals surface area contributed by atoms with Crippen molar-refractivity contribution in [2.75, 3.05) is 5.32 Å². The van der Waals surface area contributed by atoms with Gasteiger partial charge >= 0.3 is 11.4 Å². The summed E-state index contributed by atoms with van der Waals surface area (Å²) in [6, 6.07) is 19.1. The Kier molecular flexibility index (Phi) is 6.20. The summed E-state index contributed by atoms with van der Waals surface area (Å²) in [7, 11) is -4.08. The van der Waals surface area contributed by atoms with Gasteiger partial charge in [-0.25, -0.2) is 8.42 Å². The normalized spacial score (nSPS) is 11.9. The molecule has 4 aromatic rings. The van der Waals surface area contributed by atoms with Gasteiger partial charge in [-0.2, -0.15) is 13.2 Å². The van der Waals surface area contributed by atoms with E-state index in [0.717, 1.165) is 12.1 Å². The number of sulfone groups is 1. The number of nitrogens with zero attached hydrogens (tertiary/aromatic N) is 2.